The van der Waals surface area contributed by atoms with Crippen LogP contribution in [-0.2, 0) is 18.9 Å². The quantitative estimate of drug-likeness (QED) is 0.401. The standard InChI is InChI=1S/C18H28O9/c1-17(2,22)11-24-9-10-25-15(20)13-5-6-14(26-13)16(21)27-18(3,4)12-23-8-7-19/h5-6,19,22H,7-12H2,1-4H3. The molecule has 1 rings (SSSR count). The molecule has 0 aliphatic carbocycles. The number of carbonyl (C=O) groups excluding carboxylic acids is 2. The van der Waals surface area contributed by atoms with E-state index in [9.17, 15) is 14.7 Å². The van der Waals surface area contributed by atoms with Gasteiger partial charge in [-0.05, 0) is 39.8 Å². The van der Waals surface area contributed by atoms with Gasteiger partial charge in [-0.1, -0.05) is 0 Å². The van der Waals surface area contributed by atoms with E-state index in [4.69, 9.17) is 28.5 Å². The lowest BCUT2D eigenvalue weighted by molar-refractivity contribution is -0.0533. The highest BCUT2D eigenvalue weighted by Gasteiger charge is 2.26. The van der Waals surface area contributed by atoms with Gasteiger partial charge in [0, 0.05) is 0 Å². The molecule has 0 fully saturated rings. The van der Waals surface area contributed by atoms with E-state index in [-0.39, 0.29) is 51.2 Å². The molecule has 0 bridgehead atoms. The Balaban J connectivity index is 2.44. The normalized spacial score (nSPS) is 12.1. The number of hydrogen-bond acceptors (Lipinski definition) is 9. The summed E-state index contributed by atoms with van der Waals surface area (Å²) in [4.78, 5) is 24.0. The van der Waals surface area contributed by atoms with E-state index in [0.29, 0.717) is 0 Å². The van der Waals surface area contributed by atoms with Crippen molar-refractivity contribution in [1.82, 2.24) is 0 Å². The number of furan rings is 1. The van der Waals surface area contributed by atoms with Crippen molar-refractivity contribution < 1.29 is 43.2 Å². The summed E-state index contributed by atoms with van der Waals surface area (Å²) in [6.45, 7) is 6.80. The van der Waals surface area contributed by atoms with Crippen molar-refractivity contribution in [3.63, 3.8) is 0 Å². The molecule has 0 saturated heterocycles. The van der Waals surface area contributed by atoms with Crippen molar-refractivity contribution in [2.45, 2.75) is 38.9 Å². The van der Waals surface area contributed by atoms with E-state index in [2.05, 4.69) is 0 Å². The summed E-state index contributed by atoms with van der Waals surface area (Å²) in [7, 11) is 0. The third kappa shape index (κ3) is 9.53. The van der Waals surface area contributed by atoms with Crippen LogP contribution in [0.25, 0.3) is 0 Å². The molecule has 27 heavy (non-hydrogen) atoms. The Labute approximate surface area is 158 Å². The molecular weight excluding hydrogens is 360 g/mol. The van der Waals surface area contributed by atoms with Crippen LogP contribution in [0.1, 0.15) is 48.8 Å². The molecule has 0 radical (unpaired) electrons. The van der Waals surface area contributed by atoms with Gasteiger partial charge in [-0.15, -0.1) is 0 Å². The Bertz CT molecular complexity index is 598. The smallest absolute Gasteiger partial charge is 0.374 e. The fraction of sp³-hybridized carbons (Fsp3) is 0.667. The van der Waals surface area contributed by atoms with Gasteiger partial charge in [-0.2, -0.15) is 0 Å². The van der Waals surface area contributed by atoms with Gasteiger partial charge in [0.2, 0.25) is 11.5 Å². The minimum absolute atomic E-state index is 0.0232. The second kappa shape index (κ2) is 10.4. The van der Waals surface area contributed by atoms with Crippen LogP contribution in [0.5, 0.6) is 0 Å². The van der Waals surface area contributed by atoms with Gasteiger partial charge < -0.3 is 33.6 Å². The van der Waals surface area contributed by atoms with E-state index in [1.54, 1.807) is 27.7 Å². The highest BCUT2D eigenvalue weighted by atomic mass is 16.6. The van der Waals surface area contributed by atoms with Crippen LogP contribution in [-0.4, -0.2) is 73.0 Å². The Morgan fingerprint density at radius 1 is 0.963 bits per heavy atom. The number of aliphatic hydroxyl groups is 2. The van der Waals surface area contributed by atoms with E-state index >= 15 is 0 Å². The highest BCUT2D eigenvalue weighted by Crippen LogP contribution is 2.16. The van der Waals surface area contributed by atoms with Gasteiger partial charge in [-0.3, -0.25) is 0 Å². The molecule has 0 saturated carbocycles. The number of hydrogen-bond donors (Lipinski definition) is 2. The molecule has 1 aromatic rings. The first-order chi connectivity index (χ1) is 12.5. The van der Waals surface area contributed by atoms with E-state index < -0.39 is 23.1 Å². The number of carbonyl (C=O) groups is 2. The Morgan fingerprint density at radius 2 is 1.56 bits per heavy atom. The largest absolute Gasteiger partial charge is 0.457 e. The van der Waals surface area contributed by atoms with Crippen LogP contribution in [0, 0.1) is 0 Å². The molecule has 1 heterocycles. The predicted molar refractivity (Wildman–Crippen MR) is 93.5 cm³/mol. The number of aliphatic hydroxyl groups excluding tert-OH is 1. The zero-order chi connectivity index (χ0) is 20.5. The van der Waals surface area contributed by atoms with Gasteiger partial charge in [0.25, 0.3) is 0 Å². The van der Waals surface area contributed by atoms with Crippen LogP contribution >= 0.6 is 0 Å². The summed E-state index contributed by atoms with van der Waals surface area (Å²) in [6.07, 6.45) is 0. The SMILES string of the molecule is CC(C)(O)COCCOC(=O)c1ccc(C(=O)OC(C)(C)COCCO)o1. The molecule has 9 heteroatoms. The zero-order valence-electron chi connectivity index (χ0n) is 16.1. The van der Waals surface area contributed by atoms with Crippen molar-refractivity contribution in [1.29, 1.82) is 0 Å². The first-order valence-corrected chi connectivity index (χ1v) is 8.53. The average Bonchev–Trinajstić information content (AvgIpc) is 3.03. The molecule has 0 aliphatic heterocycles. The number of rotatable bonds is 12. The second-order valence-electron chi connectivity index (χ2n) is 7.09. The summed E-state index contributed by atoms with van der Waals surface area (Å²) in [5, 5.41) is 18.2. The van der Waals surface area contributed by atoms with Crippen LogP contribution in [0.4, 0.5) is 0 Å². The van der Waals surface area contributed by atoms with Gasteiger partial charge in [0.1, 0.15) is 12.2 Å². The van der Waals surface area contributed by atoms with Crippen LogP contribution in [0.15, 0.2) is 16.5 Å². The zero-order valence-corrected chi connectivity index (χ0v) is 16.1. The summed E-state index contributed by atoms with van der Waals surface area (Å²) in [5.74, 6) is -1.78. The monoisotopic (exact) mass is 388 g/mol. The summed E-state index contributed by atoms with van der Waals surface area (Å²) in [6, 6.07) is 2.63. The maximum atomic E-state index is 12.1. The lowest BCUT2D eigenvalue weighted by Gasteiger charge is -2.24. The predicted octanol–water partition coefficient (Wildman–Crippen LogP) is 1.17. The summed E-state index contributed by atoms with van der Waals surface area (Å²) in [5.41, 5.74) is -1.89. The van der Waals surface area contributed by atoms with Crippen LogP contribution in [0.3, 0.4) is 0 Å². The van der Waals surface area contributed by atoms with Crippen molar-refractivity contribution in [2.24, 2.45) is 0 Å². The lowest BCUT2D eigenvalue weighted by Crippen LogP contribution is -2.33. The fourth-order valence-corrected chi connectivity index (χ4v) is 1.86. The van der Waals surface area contributed by atoms with E-state index in [1.165, 1.54) is 12.1 Å². The molecule has 1 aromatic heterocycles. The second-order valence-corrected chi connectivity index (χ2v) is 7.09. The molecule has 2 N–H and O–H groups in total. The molecule has 9 nitrogen and oxygen atoms in total. The van der Waals surface area contributed by atoms with Gasteiger partial charge in [0.05, 0.1) is 38.6 Å². The Kier molecular flexibility index (Phi) is 8.91. The molecular formula is C18H28O9. The van der Waals surface area contributed by atoms with E-state index in [0.717, 1.165) is 0 Å². The van der Waals surface area contributed by atoms with Crippen molar-refractivity contribution in [3.05, 3.63) is 23.7 Å². The van der Waals surface area contributed by atoms with Crippen LogP contribution in [0.2, 0.25) is 0 Å². The maximum Gasteiger partial charge on any atom is 0.374 e. The molecule has 0 aliphatic rings. The maximum absolute atomic E-state index is 12.1. The topological polar surface area (TPSA) is 125 Å². The molecule has 0 spiro atoms. The van der Waals surface area contributed by atoms with Crippen LogP contribution < -0.4 is 0 Å². The first-order valence-electron chi connectivity index (χ1n) is 8.53. The molecule has 0 atom stereocenters. The molecule has 0 unspecified atom stereocenters. The van der Waals surface area contributed by atoms with Gasteiger partial charge in [-0.25, -0.2) is 9.59 Å². The minimum Gasteiger partial charge on any atom is -0.457 e. The average molecular weight is 388 g/mol. The van der Waals surface area contributed by atoms with Crippen molar-refractivity contribution in [3.8, 4) is 0 Å². The number of ether oxygens (including phenoxy) is 4. The molecule has 0 aromatic carbocycles. The third-order valence-electron chi connectivity index (χ3n) is 2.98. The Morgan fingerprint density at radius 3 is 2.15 bits per heavy atom. The first kappa shape index (κ1) is 23.1. The molecule has 154 valence electrons. The third-order valence-corrected chi connectivity index (χ3v) is 2.98. The van der Waals surface area contributed by atoms with Crippen molar-refractivity contribution in [2.75, 3.05) is 39.6 Å². The summed E-state index contributed by atoms with van der Waals surface area (Å²) >= 11 is 0. The lowest BCUT2D eigenvalue weighted by atomic mass is 10.1. The number of esters is 2. The fourth-order valence-electron chi connectivity index (χ4n) is 1.86. The minimum atomic E-state index is -0.961. The van der Waals surface area contributed by atoms with Gasteiger partial charge in [0.15, 0.2) is 0 Å². The highest BCUT2D eigenvalue weighted by molar-refractivity contribution is 5.91. The Hall–Kier alpha value is -1.94. The molecule has 0 amide bonds. The van der Waals surface area contributed by atoms with Crippen molar-refractivity contribution >= 4 is 11.9 Å². The summed E-state index contributed by atoms with van der Waals surface area (Å²) < 4.78 is 25.7. The van der Waals surface area contributed by atoms with E-state index in [1.807, 2.05) is 0 Å². The van der Waals surface area contributed by atoms with Gasteiger partial charge >= 0.3 is 11.9 Å².